The molecule has 2 N–H and O–H groups in total. The summed E-state index contributed by atoms with van der Waals surface area (Å²) in [5.41, 5.74) is 2.47. The topological polar surface area (TPSA) is 58.6 Å². The second-order valence-corrected chi connectivity index (χ2v) is 6.74. The van der Waals surface area contributed by atoms with Gasteiger partial charge in [0.25, 0.3) is 0 Å². The van der Waals surface area contributed by atoms with Crippen LogP contribution in [0.25, 0.3) is 0 Å². The molecule has 4 nitrogen and oxygen atoms in total. The lowest BCUT2D eigenvalue weighted by Crippen LogP contribution is -2.35. The van der Waals surface area contributed by atoms with Crippen molar-refractivity contribution in [2.24, 2.45) is 11.8 Å². The predicted octanol–water partition coefficient (Wildman–Crippen LogP) is 2.00. The van der Waals surface area contributed by atoms with Gasteiger partial charge in [0.1, 0.15) is 0 Å². The molecule has 4 heteroatoms. The molecule has 0 saturated heterocycles. The Bertz CT molecular complexity index is 527. The van der Waals surface area contributed by atoms with E-state index < -0.39 is 6.10 Å². The number of benzene rings is 1. The van der Waals surface area contributed by atoms with Crippen LogP contribution in [0.1, 0.15) is 36.3 Å². The smallest absolute Gasteiger partial charge is 0.223 e. The predicted molar refractivity (Wildman–Crippen MR) is 84.6 cm³/mol. The first-order valence-corrected chi connectivity index (χ1v) is 8.23. The molecule has 3 rings (SSSR count). The highest BCUT2D eigenvalue weighted by Crippen LogP contribution is 2.47. The number of nitrogens with one attached hydrogen (secondary N) is 1. The van der Waals surface area contributed by atoms with E-state index in [1.165, 1.54) is 24.0 Å². The minimum Gasteiger partial charge on any atom is -0.389 e. The maximum Gasteiger partial charge on any atom is 0.223 e. The fourth-order valence-electron chi connectivity index (χ4n) is 2.82. The Morgan fingerprint density at radius 2 is 2.27 bits per heavy atom. The third-order valence-corrected chi connectivity index (χ3v) is 4.47. The van der Waals surface area contributed by atoms with Crippen molar-refractivity contribution in [3.05, 3.63) is 35.4 Å². The number of rotatable bonds is 8. The molecule has 1 aromatic rings. The number of aryl methyl sites for hydroxylation is 1. The molecule has 2 saturated carbocycles. The largest absolute Gasteiger partial charge is 0.389 e. The summed E-state index contributed by atoms with van der Waals surface area (Å²) < 4.78 is 5.43. The molecule has 2 aliphatic rings. The van der Waals surface area contributed by atoms with Crippen molar-refractivity contribution in [1.29, 1.82) is 0 Å². The van der Waals surface area contributed by atoms with Crippen LogP contribution in [-0.4, -0.2) is 36.9 Å². The van der Waals surface area contributed by atoms with Crippen LogP contribution in [0.15, 0.2) is 24.3 Å². The van der Waals surface area contributed by atoms with Crippen molar-refractivity contribution in [3.63, 3.8) is 0 Å². The van der Waals surface area contributed by atoms with Gasteiger partial charge in [-0.2, -0.15) is 0 Å². The van der Waals surface area contributed by atoms with E-state index in [0.717, 1.165) is 13.0 Å². The number of ether oxygens (including phenoxy) is 1. The zero-order valence-electron chi connectivity index (χ0n) is 13.1. The highest BCUT2D eigenvalue weighted by molar-refractivity contribution is 5.82. The second kappa shape index (κ2) is 6.80. The summed E-state index contributed by atoms with van der Waals surface area (Å²) in [6, 6.07) is 8.35. The maximum absolute atomic E-state index is 12.1. The summed E-state index contributed by atoms with van der Waals surface area (Å²) in [5, 5.41) is 12.7. The molecule has 0 aliphatic heterocycles. The molecular weight excluding hydrogens is 278 g/mol. The van der Waals surface area contributed by atoms with Gasteiger partial charge < -0.3 is 15.2 Å². The number of hydrogen-bond acceptors (Lipinski definition) is 3. The lowest BCUT2D eigenvalue weighted by molar-refractivity contribution is -0.123. The van der Waals surface area contributed by atoms with Crippen LogP contribution in [0.3, 0.4) is 0 Å². The molecule has 0 bridgehead atoms. The lowest BCUT2D eigenvalue weighted by atomic mass is 10.1. The minimum atomic E-state index is -0.612. The lowest BCUT2D eigenvalue weighted by Gasteiger charge is -2.12. The number of hydrogen-bond donors (Lipinski definition) is 2. The third-order valence-electron chi connectivity index (χ3n) is 4.47. The molecule has 3 atom stereocenters. The molecule has 0 radical (unpaired) electrons. The zero-order chi connectivity index (χ0) is 15.5. The van der Waals surface area contributed by atoms with Crippen LogP contribution in [0.2, 0.25) is 0 Å². The fourth-order valence-corrected chi connectivity index (χ4v) is 2.82. The van der Waals surface area contributed by atoms with Gasteiger partial charge >= 0.3 is 0 Å². The first-order chi connectivity index (χ1) is 10.6. The minimum absolute atomic E-state index is 0.0488. The molecule has 0 aromatic heterocycles. The number of aliphatic hydroxyl groups excluding tert-OH is 1. The number of carbonyl (C=O) groups excluding carboxylic acids is 1. The highest BCUT2D eigenvalue weighted by Gasteiger charge is 2.43. The van der Waals surface area contributed by atoms with Crippen molar-refractivity contribution in [1.82, 2.24) is 5.32 Å². The average molecular weight is 303 g/mol. The van der Waals surface area contributed by atoms with Gasteiger partial charge in [-0.1, -0.05) is 29.8 Å². The molecule has 0 spiro atoms. The molecular formula is C18H25NO3. The molecule has 1 aromatic carbocycles. The van der Waals surface area contributed by atoms with Crippen molar-refractivity contribution in [2.45, 2.75) is 38.2 Å². The molecule has 1 amide bonds. The van der Waals surface area contributed by atoms with Crippen LogP contribution >= 0.6 is 0 Å². The van der Waals surface area contributed by atoms with Gasteiger partial charge in [-0.3, -0.25) is 4.79 Å². The Kier molecular flexibility index (Phi) is 4.79. The quantitative estimate of drug-likeness (QED) is 0.772. The van der Waals surface area contributed by atoms with Crippen LogP contribution in [0.5, 0.6) is 0 Å². The van der Waals surface area contributed by atoms with Crippen LogP contribution < -0.4 is 5.32 Å². The molecule has 0 unspecified atom stereocenters. The van der Waals surface area contributed by atoms with Crippen LogP contribution in [-0.2, 0) is 9.53 Å². The summed E-state index contributed by atoms with van der Waals surface area (Å²) >= 11 is 0. The van der Waals surface area contributed by atoms with Gasteiger partial charge in [0, 0.05) is 19.1 Å². The summed E-state index contributed by atoms with van der Waals surface area (Å²) in [5.74, 6) is 1.14. The Morgan fingerprint density at radius 1 is 1.45 bits per heavy atom. The van der Waals surface area contributed by atoms with Gasteiger partial charge in [-0.05, 0) is 43.6 Å². The van der Waals surface area contributed by atoms with Crippen molar-refractivity contribution in [2.75, 3.05) is 19.8 Å². The Balaban J connectivity index is 1.36. The highest BCUT2D eigenvalue weighted by atomic mass is 16.5. The van der Waals surface area contributed by atoms with Crippen LogP contribution in [0, 0.1) is 18.8 Å². The maximum atomic E-state index is 12.1. The van der Waals surface area contributed by atoms with E-state index in [1.807, 2.05) is 6.07 Å². The van der Waals surface area contributed by atoms with E-state index in [-0.39, 0.29) is 18.4 Å². The van der Waals surface area contributed by atoms with E-state index in [9.17, 15) is 9.90 Å². The molecule has 22 heavy (non-hydrogen) atoms. The number of aliphatic hydroxyl groups is 1. The average Bonchev–Trinajstić information content (AvgIpc) is 3.37. The van der Waals surface area contributed by atoms with Gasteiger partial charge in [0.2, 0.25) is 5.91 Å². The Hall–Kier alpha value is -1.39. The van der Waals surface area contributed by atoms with Crippen molar-refractivity contribution >= 4 is 5.91 Å². The zero-order valence-corrected chi connectivity index (χ0v) is 13.1. The van der Waals surface area contributed by atoms with E-state index >= 15 is 0 Å². The van der Waals surface area contributed by atoms with Gasteiger partial charge in [-0.25, -0.2) is 0 Å². The summed E-state index contributed by atoms with van der Waals surface area (Å²) in [7, 11) is 0. The third kappa shape index (κ3) is 4.31. The Morgan fingerprint density at radius 3 is 3.00 bits per heavy atom. The Labute approximate surface area is 131 Å². The normalized spacial score (nSPS) is 24.8. The first-order valence-electron chi connectivity index (χ1n) is 8.23. The monoisotopic (exact) mass is 303 g/mol. The summed E-state index contributed by atoms with van der Waals surface area (Å²) in [6.07, 6.45) is 2.78. The van der Waals surface area contributed by atoms with Crippen LogP contribution in [0.4, 0.5) is 0 Å². The van der Waals surface area contributed by atoms with Gasteiger partial charge in [0.05, 0.1) is 12.7 Å². The van der Waals surface area contributed by atoms with Crippen molar-refractivity contribution in [3.8, 4) is 0 Å². The standard InChI is InChI=1S/C18H25NO3/c1-12-3-2-4-14(7-12)16-8-17(16)18(21)19-9-15(20)11-22-10-13-5-6-13/h2-4,7,13,15-17,20H,5-6,8-11H2,1H3,(H,19,21)/t15-,16+,17+/m1/s1. The number of carbonyl (C=O) groups is 1. The van der Waals surface area contributed by atoms with E-state index in [1.54, 1.807) is 0 Å². The summed E-state index contributed by atoms with van der Waals surface area (Å²) in [4.78, 5) is 12.1. The van der Waals surface area contributed by atoms with E-state index in [0.29, 0.717) is 18.4 Å². The second-order valence-electron chi connectivity index (χ2n) is 6.74. The number of amides is 1. The van der Waals surface area contributed by atoms with Crippen molar-refractivity contribution < 1.29 is 14.6 Å². The summed E-state index contributed by atoms with van der Waals surface area (Å²) in [6.45, 7) is 3.39. The fraction of sp³-hybridized carbons (Fsp3) is 0.611. The molecule has 0 heterocycles. The van der Waals surface area contributed by atoms with Gasteiger partial charge in [-0.15, -0.1) is 0 Å². The van der Waals surface area contributed by atoms with E-state index in [4.69, 9.17) is 4.74 Å². The SMILES string of the molecule is Cc1cccc([C@@H]2C[C@@H]2C(=O)NC[C@@H](O)COCC2CC2)c1. The van der Waals surface area contributed by atoms with E-state index in [2.05, 4.69) is 30.4 Å². The molecule has 120 valence electrons. The molecule has 2 fully saturated rings. The first kappa shape index (κ1) is 15.5. The molecule has 2 aliphatic carbocycles. The van der Waals surface area contributed by atoms with Gasteiger partial charge in [0.15, 0.2) is 0 Å².